The smallest absolute Gasteiger partial charge is 0.243 e. The van der Waals surface area contributed by atoms with Crippen molar-refractivity contribution in [2.75, 3.05) is 28.5 Å². The predicted octanol–water partition coefficient (Wildman–Crippen LogP) is 3.11. The van der Waals surface area contributed by atoms with Crippen LogP contribution in [0.15, 0.2) is 42.5 Å². The summed E-state index contributed by atoms with van der Waals surface area (Å²) in [5.41, 5.74) is 0.748. The molecule has 1 heterocycles. The zero-order chi connectivity index (χ0) is 26.4. The summed E-state index contributed by atoms with van der Waals surface area (Å²) >= 11 is 0. The van der Waals surface area contributed by atoms with Crippen LogP contribution in [0.4, 0.5) is 15.8 Å². The van der Waals surface area contributed by atoms with Gasteiger partial charge >= 0.3 is 0 Å². The lowest BCUT2D eigenvalue weighted by atomic mass is 9.95. The third kappa shape index (κ3) is 7.06. The molecular weight excluding hydrogens is 501 g/mol. The van der Waals surface area contributed by atoms with E-state index in [1.54, 1.807) is 25.1 Å². The van der Waals surface area contributed by atoms with Gasteiger partial charge in [0.2, 0.25) is 24.5 Å². The van der Waals surface area contributed by atoms with Gasteiger partial charge in [0.25, 0.3) is 0 Å². The van der Waals surface area contributed by atoms with Crippen molar-refractivity contribution in [2.24, 2.45) is 0 Å². The van der Waals surface area contributed by atoms with Crippen molar-refractivity contribution < 1.29 is 32.5 Å². The summed E-state index contributed by atoms with van der Waals surface area (Å²) in [7, 11) is -1.85. The molecule has 1 fully saturated rings. The molecule has 2 aromatic carbocycles. The second-order valence-corrected chi connectivity index (χ2v) is 10.6. The Balaban J connectivity index is 1.39. The van der Waals surface area contributed by atoms with E-state index >= 15 is 0 Å². The molecule has 1 aliphatic carbocycles. The molecule has 9 nitrogen and oxygen atoms in total. The SMILES string of the molecule is CC(C(=O)NC1CCCCC1)N(C(=O)CS(=O)CC(=O)Nc1ccc2c(c1)OCO2)c1ccc(F)cc1. The summed E-state index contributed by atoms with van der Waals surface area (Å²) in [6.07, 6.45) is 4.97. The molecule has 0 aromatic heterocycles. The Bertz CT molecular complexity index is 1170. The monoisotopic (exact) mass is 531 g/mol. The molecule has 1 saturated carbocycles. The number of rotatable bonds is 9. The Morgan fingerprint density at radius 2 is 1.73 bits per heavy atom. The third-order valence-corrected chi connectivity index (χ3v) is 7.48. The highest BCUT2D eigenvalue weighted by Crippen LogP contribution is 2.34. The van der Waals surface area contributed by atoms with Crippen LogP contribution in [0.3, 0.4) is 0 Å². The molecule has 2 aliphatic rings. The molecule has 2 N–H and O–H groups in total. The molecule has 3 amide bonds. The number of hydrogen-bond acceptors (Lipinski definition) is 6. The van der Waals surface area contributed by atoms with Crippen LogP contribution < -0.4 is 25.0 Å². The molecule has 0 spiro atoms. The maximum absolute atomic E-state index is 13.5. The second-order valence-electron chi connectivity index (χ2n) is 9.10. The normalized spacial score (nSPS) is 16.5. The maximum atomic E-state index is 13.5. The van der Waals surface area contributed by atoms with Gasteiger partial charge in [0, 0.05) is 34.3 Å². The van der Waals surface area contributed by atoms with Crippen molar-refractivity contribution in [1.29, 1.82) is 0 Å². The van der Waals surface area contributed by atoms with Crippen LogP contribution in [0, 0.1) is 5.82 Å². The zero-order valence-corrected chi connectivity index (χ0v) is 21.4. The Kier molecular flexibility index (Phi) is 8.75. The number of hydrogen-bond donors (Lipinski definition) is 2. The van der Waals surface area contributed by atoms with E-state index in [1.807, 2.05) is 0 Å². The molecule has 37 heavy (non-hydrogen) atoms. The topological polar surface area (TPSA) is 114 Å². The lowest BCUT2D eigenvalue weighted by Crippen LogP contribution is -2.52. The van der Waals surface area contributed by atoms with Gasteiger partial charge in [-0.25, -0.2) is 4.39 Å². The molecule has 11 heteroatoms. The van der Waals surface area contributed by atoms with E-state index < -0.39 is 46.0 Å². The van der Waals surface area contributed by atoms with Crippen molar-refractivity contribution >= 4 is 39.9 Å². The molecule has 1 aliphatic heterocycles. The minimum absolute atomic E-state index is 0.0443. The van der Waals surface area contributed by atoms with Gasteiger partial charge in [0.15, 0.2) is 11.5 Å². The Morgan fingerprint density at radius 1 is 1.03 bits per heavy atom. The molecular formula is C26H30FN3O6S. The summed E-state index contributed by atoms with van der Waals surface area (Å²) in [5.74, 6) is -1.81. The number of ether oxygens (including phenoxy) is 2. The summed E-state index contributed by atoms with van der Waals surface area (Å²) in [4.78, 5) is 39.9. The lowest BCUT2D eigenvalue weighted by Gasteiger charge is -2.31. The molecule has 0 bridgehead atoms. The number of amides is 3. The van der Waals surface area contributed by atoms with Gasteiger partial charge in [-0.3, -0.25) is 23.5 Å². The van der Waals surface area contributed by atoms with Gasteiger partial charge in [0.1, 0.15) is 23.4 Å². The fourth-order valence-electron chi connectivity index (χ4n) is 4.45. The standard InChI is InChI=1S/C26H30FN3O6S/c1-17(26(33)29-19-5-3-2-4-6-19)30(21-10-7-18(27)8-11-21)25(32)15-37(34)14-24(31)28-20-9-12-22-23(13-20)36-16-35-22/h7-13,17,19H,2-6,14-16H2,1H3,(H,28,31)(H,29,33). The summed E-state index contributed by atoms with van der Waals surface area (Å²) in [5, 5.41) is 5.63. The van der Waals surface area contributed by atoms with E-state index in [-0.39, 0.29) is 18.7 Å². The molecule has 198 valence electrons. The largest absolute Gasteiger partial charge is 0.454 e. The quantitative estimate of drug-likeness (QED) is 0.514. The summed E-state index contributed by atoms with van der Waals surface area (Å²) in [6, 6.07) is 9.18. The third-order valence-electron chi connectivity index (χ3n) is 6.32. The predicted molar refractivity (Wildman–Crippen MR) is 137 cm³/mol. The van der Waals surface area contributed by atoms with E-state index in [0.29, 0.717) is 22.9 Å². The number of nitrogens with one attached hydrogen (secondary N) is 2. The van der Waals surface area contributed by atoms with E-state index in [2.05, 4.69) is 10.6 Å². The highest BCUT2D eigenvalue weighted by molar-refractivity contribution is 7.86. The first-order valence-corrected chi connectivity index (χ1v) is 13.7. The van der Waals surface area contributed by atoms with Crippen LogP contribution in [-0.4, -0.2) is 52.3 Å². The van der Waals surface area contributed by atoms with E-state index in [0.717, 1.165) is 32.1 Å². The molecule has 0 radical (unpaired) electrons. The van der Waals surface area contributed by atoms with E-state index in [9.17, 15) is 23.0 Å². The number of halogens is 1. The average molecular weight is 532 g/mol. The molecule has 2 atom stereocenters. The molecule has 4 rings (SSSR count). The minimum Gasteiger partial charge on any atom is -0.454 e. The van der Waals surface area contributed by atoms with Crippen molar-refractivity contribution in [3.63, 3.8) is 0 Å². The number of anilines is 2. The number of carbonyl (C=O) groups is 3. The van der Waals surface area contributed by atoms with Gasteiger partial charge in [-0.05, 0) is 56.2 Å². The first kappa shape index (κ1) is 26.6. The van der Waals surface area contributed by atoms with E-state index in [4.69, 9.17) is 9.47 Å². The Hall–Kier alpha value is -3.47. The number of nitrogens with zero attached hydrogens (tertiary/aromatic N) is 1. The van der Waals surface area contributed by atoms with Crippen LogP contribution in [-0.2, 0) is 25.2 Å². The number of benzene rings is 2. The van der Waals surface area contributed by atoms with Crippen molar-refractivity contribution in [1.82, 2.24) is 5.32 Å². The van der Waals surface area contributed by atoms with Crippen LogP contribution in [0.5, 0.6) is 11.5 Å². The number of carbonyl (C=O) groups excluding carboxylic acids is 3. The fourth-order valence-corrected chi connectivity index (χ4v) is 5.33. The first-order chi connectivity index (χ1) is 17.8. The highest BCUT2D eigenvalue weighted by atomic mass is 32.2. The van der Waals surface area contributed by atoms with Crippen LogP contribution in [0.1, 0.15) is 39.0 Å². The van der Waals surface area contributed by atoms with Crippen LogP contribution in [0.2, 0.25) is 0 Å². The summed E-state index contributed by atoms with van der Waals surface area (Å²) < 4.78 is 36.8. The molecule has 0 saturated heterocycles. The van der Waals surface area contributed by atoms with E-state index in [1.165, 1.54) is 29.2 Å². The van der Waals surface area contributed by atoms with Crippen molar-refractivity contribution in [2.45, 2.75) is 51.1 Å². The first-order valence-electron chi connectivity index (χ1n) is 12.2. The number of fused-ring (bicyclic) bond motifs is 1. The van der Waals surface area contributed by atoms with Gasteiger partial charge in [0.05, 0.1) is 0 Å². The average Bonchev–Trinajstić information content (AvgIpc) is 3.33. The lowest BCUT2D eigenvalue weighted by molar-refractivity contribution is -0.126. The Labute approximate surface area is 217 Å². The molecule has 2 unspecified atom stereocenters. The minimum atomic E-state index is -1.85. The summed E-state index contributed by atoms with van der Waals surface area (Å²) in [6.45, 7) is 1.68. The second kappa shape index (κ2) is 12.2. The maximum Gasteiger partial charge on any atom is 0.243 e. The van der Waals surface area contributed by atoms with Crippen molar-refractivity contribution in [3.8, 4) is 11.5 Å². The van der Waals surface area contributed by atoms with Gasteiger partial charge < -0.3 is 20.1 Å². The van der Waals surface area contributed by atoms with Gasteiger partial charge in [-0.2, -0.15) is 0 Å². The van der Waals surface area contributed by atoms with Gasteiger partial charge in [-0.15, -0.1) is 0 Å². The highest BCUT2D eigenvalue weighted by Gasteiger charge is 2.30. The van der Waals surface area contributed by atoms with Crippen molar-refractivity contribution in [3.05, 3.63) is 48.3 Å². The molecule has 2 aromatic rings. The van der Waals surface area contributed by atoms with Crippen LogP contribution >= 0.6 is 0 Å². The van der Waals surface area contributed by atoms with Gasteiger partial charge in [-0.1, -0.05) is 19.3 Å². The fraction of sp³-hybridized carbons (Fsp3) is 0.423. The van der Waals surface area contributed by atoms with Crippen LogP contribution in [0.25, 0.3) is 0 Å². The Morgan fingerprint density at radius 3 is 2.46 bits per heavy atom. The zero-order valence-electron chi connectivity index (χ0n) is 20.5.